The van der Waals surface area contributed by atoms with Crippen LogP contribution in [0.25, 0.3) is 0 Å². The normalized spacial score (nSPS) is 42.8. The molecule has 4 rings (SSSR count). The van der Waals surface area contributed by atoms with Gasteiger partial charge in [-0.15, -0.1) is 0 Å². The van der Waals surface area contributed by atoms with Crippen molar-refractivity contribution in [3.63, 3.8) is 0 Å². The zero-order chi connectivity index (χ0) is 11.9. The second-order valence-electron chi connectivity index (χ2n) is 6.85. The minimum absolute atomic E-state index is 0.0327. The second-order valence-corrected chi connectivity index (χ2v) is 6.85. The van der Waals surface area contributed by atoms with Gasteiger partial charge in [0.1, 0.15) is 0 Å². The van der Waals surface area contributed by atoms with Gasteiger partial charge in [-0.25, -0.2) is 0 Å². The van der Waals surface area contributed by atoms with Crippen LogP contribution in [0, 0.1) is 23.2 Å². The van der Waals surface area contributed by atoms with Crippen molar-refractivity contribution < 1.29 is 9.53 Å². The van der Waals surface area contributed by atoms with Crippen LogP contribution in [0.2, 0.25) is 0 Å². The quantitative estimate of drug-likeness (QED) is 0.698. The highest BCUT2D eigenvalue weighted by Crippen LogP contribution is 2.61. The molecule has 4 bridgehead atoms. The smallest absolute Gasteiger partial charge is 0.305 e. The summed E-state index contributed by atoms with van der Waals surface area (Å²) in [5.74, 6) is 3.05. The molecule has 4 aliphatic rings. The van der Waals surface area contributed by atoms with Crippen molar-refractivity contribution in [2.45, 2.75) is 57.8 Å². The number of ether oxygens (including phenoxy) is 1. The van der Waals surface area contributed by atoms with Gasteiger partial charge in [0, 0.05) is 6.42 Å². The lowest BCUT2D eigenvalue weighted by molar-refractivity contribution is -0.141. The fourth-order valence-corrected chi connectivity index (χ4v) is 5.31. The Morgan fingerprint density at radius 3 is 2.12 bits per heavy atom. The molecule has 4 aliphatic carbocycles. The van der Waals surface area contributed by atoms with Gasteiger partial charge in [0.25, 0.3) is 0 Å². The SMILES string of the molecule is COC(=O)CCCC12CC3CC(CC(C3)C1)C2. The van der Waals surface area contributed by atoms with Crippen molar-refractivity contribution in [3.8, 4) is 0 Å². The average Bonchev–Trinajstić information content (AvgIpc) is 2.26. The molecule has 0 N–H and O–H groups in total. The van der Waals surface area contributed by atoms with E-state index in [4.69, 9.17) is 4.74 Å². The van der Waals surface area contributed by atoms with Crippen LogP contribution >= 0.6 is 0 Å². The standard InChI is InChI=1S/C15H24O2/c1-17-14(16)3-2-4-15-8-11-5-12(9-15)7-13(6-11)10-15/h11-13H,2-10H2,1H3. The summed E-state index contributed by atoms with van der Waals surface area (Å²) < 4.78 is 4.73. The molecule has 96 valence electrons. The van der Waals surface area contributed by atoms with Gasteiger partial charge in [-0.05, 0) is 74.5 Å². The third-order valence-corrected chi connectivity index (χ3v) is 5.48. The molecule has 0 saturated heterocycles. The molecule has 0 aromatic rings. The molecule has 2 nitrogen and oxygen atoms in total. The molecule has 0 amide bonds. The number of methoxy groups -OCH3 is 1. The second kappa shape index (κ2) is 4.29. The largest absolute Gasteiger partial charge is 0.469 e. The Balaban J connectivity index is 1.57. The van der Waals surface area contributed by atoms with Crippen LogP contribution in [0.3, 0.4) is 0 Å². The molecule has 4 fully saturated rings. The first kappa shape index (κ1) is 11.6. The molecule has 0 atom stereocenters. The van der Waals surface area contributed by atoms with Gasteiger partial charge < -0.3 is 4.74 Å². The summed E-state index contributed by atoms with van der Waals surface area (Å²) in [5.41, 5.74) is 0.628. The van der Waals surface area contributed by atoms with E-state index in [1.165, 1.54) is 52.1 Å². The van der Waals surface area contributed by atoms with Crippen LogP contribution in [0.15, 0.2) is 0 Å². The van der Waals surface area contributed by atoms with E-state index in [2.05, 4.69) is 0 Å². The Morgan fingerprint density at radius 1 is 1.12 bits per heavy atom. The highest BCUT2D eigenvalue weighted by atomic mass is 16.5. The predicted molar refractivity (Wildman–Crippen MR) is 66.5 cm³/mol. The third-order valence-electron chi connectivity index (χ3n) is 5.48. The van der Waals surface area contributed by atoms with Crippen molar-refractivity contribution in [2.75, 3.05) is 7.11 Å². The van der Waals surface area contributed by atoms with E-state index in [1.807, 2.05) is 0 Å². The van der Waals surface area contributed by atoms with Gasteiger partial charge >= 0.3 is 5.97 Å². The Bertz CT molecular complexity index is 273. The maximum atomic E-state index is 11.2. The lowest BCUT2D eigenvalue weighted by Crippen LogP contribution is -2.45. The summed E-state index contributed by atoms with van der Waals surface area (Å²) in [5, 5.41) is 0. The minimum Gasteiger partial charge on any atom is -0.469 e. The summed E-state index contributed by atoms with van der Waals surface area (Å²) in [6.07, 6.45) is 11.8. The van der Waals surface area contributed by atoms with E-state index in [1.54, 1.807) is 0 Å². The Labute approximate surface area is 104 Å². The average molecular weight is 236 g/mol. The number of carbonyl (C=O) groups excluding carboxylic acids is 1. The summed E-state index contributed by atoms with van der Waals surface area (Å²) in [6, 6.07) is 0. The van der Waals surface area contributed by atoms with Gasteiger partial charge in [-0.2, -0.15) is 0 Å². The van der Waals surface area contributed by atoms with Crippen LogP contribution in [0.1, 0.15) is 57.8 Å². The third kappa shape index (κ3) is 2.23. The minimum atomic E-state index is -0.0327. The fraction of sp³-hybridized carbons (Fsp3) is 0.933. The van der Waals surface area contributed by atoms with Gasteiger partial charge in [0.05, 0.1) is 7.11 Å². The van der Waals surface area contributed by atoms with Crippen molar-refractivity contribution in [1.82, 2.24) is 0 Å². The molecule has 17 heavy (non-hydrogen) atoms. The van der Waals surface area contributed by atoms with Crippen molar-refractivity contribution in [3.05, 3.63) is 0 Å². The summed E-state index contributed by atoms with van der Waals surface area (Å²) in [7, 11) is 1.49. The first-order valence-corrected chi connectivity index (χ1v) is 7.26. The van der Waals surface area contributed by atoms with Crippen LogP contribution in [0.4, 0.5) is 0 Å². The summed E-state index contributed by atoms with van der Waals surface area (Å²) in [4.78, 5) is 11.2. The molecule has 0 spiro atoms. The van der Waals surface area contributed by atoms with Crippen LogP contribution < -0.4 is 0 Å². The summed E-state index contributed by atoms with van der Waals surface area (Å²) >= 11 is 0. The van der Waals surface area contributed by atoms with E-state index in [0.29, 0.717) is 11.8 Å². The molecule has 0 unspecified atom stereocenters. The lowest BCUT2D eigenvalue weighted by atomic mass is 9.48. The number of hydrogen-bond donors (Lipinski definition) is 0. The van der Waals surface area contributed by atoms with Gasteiger partial charge in [0.15, 0.2) is 0 Å². The molecule has 2 heteroatoms. The number of esters is 1. The molecule has 0 aromatic carbocycles. The van der Waals surface area contributed by atoms with Crippen molar-refractivity contribution >= 4 is 5.97 Å². The number of carbonyl (C=O) groups is 1. The van der Waals surface area contributed by atoms with Crippen molar-refractivity contribution in [2.24, 2.45) is 23.2 Å². The lowest BCUT2D eigenvalue weighted by Gasteiger charge is -2.57. The summed E-state index contributed by atoms with van der Waals surface area (Å²) in [6.45, 7) is 0. The Hall–Kier alpha value is -0.530. The molecule has 0 heterocycles. The predicted octanol–water partition coefficient (Wildman–Crippen LogP) is 3.55. The van der Waals surface area contributed by atoms with Gasteiger partial charge in [-0.3, -0.25) is 4.79 Å². The maximum Gasteiger partial charge on any atom is 0.305 e. The number of rotatable bonds is 4. The number of hydrogen-bond acceptors (Lipinski definition) is 2. The Kier molecular flexibility index (Phi) is 2.92. The first-order chi connectivity index (χ1) is 8.19. The zero-order valence-electron chi connectivity index (χ0n) is 10.9. The zero-order valence-corrected chi connectivity index (χ0v) is 10.9. The maximum absolute atomic E-state index is 11.2. The topological polar surface area (TPSA) is 26.3 Å². The molecule has 0 aromatic heterocycles. The van der Waals surface area contributed by atoms with E-state index < -0.39 is 0 Å². The fourth-order valence-electron chi connectivity index (χ4n) is 5.31. The van der Waals surface area contributed by atoms with Crippen LogP contribution in [-0.4, -0.2) is 13.1 Å². The monoisotopic (exact) mass is 236 g/mol. The highest BCUT2D eigenvalue weighted by Gasteiger charge is 2.50. The first-order valence-electron chi connectivity index (χ1n) is 7.26. The molecule has 0 aliphatic heterocycles. The van der Waals surface area contributed by atoms with Gasteiger partial charge in [-0.1, -0.05) is 0 Å². The molecular weight excluding hydrogens is 212 g/mol. The van der Waals surface area contributed by atoms with Crippen molar-refractivity contribution in [1.29, 1.82) is 0 Å². The van der Waals surface area contributed by atoms with Crippen LogP contribution in [-0.2, 0) is 9.53 Å². The Morgan fingerprint density at radius 2 is 1.65 bits per heavy atom. The van der Waals surface area contributed by atoms with Crippen LogP contribution in [0.5, 0.6) is 0 Å². The molecule has 4 saturated carbocycles. The van der Waals surface area contributed by atoms with E-state index in [0.717, 1.165) is 24.2 Å². The van der Waals surface area contributed by atoms with Gasteiger partial charge in [0.2, 0.25) is 0 Å². The van der Waals surface area contributed by atoms with E-state index >= 15 is 0 Å². The molecule has 0 radical (unpaired) electrons. The highest BCUT2D eigenvalue weighted by molar-refractivity contribution is 5.68. The van der Waals surface area contributed by atoms with E-state index in [9.17, 15) is 4.79 Å². The van der Waals surface area contributed by atoms with E-state index in [-0.39, 0.29) is 5.97 Å². The molecular formula is C15H24O2.